The number of rotatable bonds is 5. The second-order valence-electron chi connectivity index (χ2n) is 5.24. The van der Waals surface area contributed by atoms with Gasteiger partial charge in [0, 0.05) is 18.8 Å². The van der Waals surface area contributed by atoms with Crippen molar-refractivity contribution >= 4 is 5.82 Å². The molecular formula is C15H21N5. The van der Waals surface area contributed by atoms with Crippen LogP contribution in [0.2, 0.25) is 0 Å². The molecule has 20 heavy (non-hydrogen) atoms. The standard InChI is InChI=1S/C15H21N5/c1-12-7-10-20(19-12)11-9-17-15-6-2-4-14(18-15)13-5-3-8-16-13/h2,4,6-7,10,13,16H,3,5,8-9,11H2,1H3,(H,17,18)/t13-/m1/s1. The molecule has 0 aromatic carbocycles. The molecule has 5 heteroatoms. The Hall–Kier alpha value is -1.88. The molecule has 1 atom stereocenters. The molecule has 3 heterocycles. The maximum atomic E-state index is 4.69. The molecule has 0 unspecified atom stereocenters. The second kappa shape index (κ2) is 6.05. The fraction of sp³-hybridized carbons (Fsp3) is 0.467. The fourth-order valence-electron chi connectivity index (χ4n) is 2.57. The van der Waals surface area contributed by atoms with Gasteiger partial charge in [-0.2, -0.15) is 5.10 Å². The van der Waals surface area contributed by atoms with Gasteiger partial charge in [0.15, 0.2) is 0 Å². The molecule has 2 N–H and O–H groups in total. The lowest BCUT2D eigenvalue weighted by Crippen LogP contribution is -2.16. The van der Waals surface area contributed by atoms with Crippen LogP contribution < -0.4 is 10.6 Å². The van der Waals surface area contributed by atoms with Crippen LogP contribution in [-0.2, 0) is 6.54 Å². The third-order valence-corrected chi connectivity index (χ3v) is 3.61. The molecule has 1 aliphatic heterocycles. The first kappa shape index (κ1) is 13.1. The largest absolute Gasteiger partial charge is 0.368 e. The molecule has 106 valence electrons. The molecule has 2 aromatic rings. The summed E-state index contributed by atoms with van der Waals surface area (Å²) in [6.07, 6.45) is 4.43. The normalized spacial score (nSPS) is 18.4. The van der Waals surface area contributed by atoms with Gasteiger partial charge in [-0.25, -0.2) is 4.98 Å². The number of anilines is 1. The van der Waals surface area contributed by atoms with Gasteiger partial charge in [0.2, 0.25) is 0 Å². The van der Waals surface area contributed by atoms with E-state index in [1.54, 1.807) is 0 Å². The van der Waals surface area contributed by atoms with E-state index in [0.717, 1.165) is 36.8 Å². The Morgan fingerprint density at radius 1 is 1.40 bits per heavy atom. The average Bonchev–Trinajstić information content (AvgIpc) is 3.11. The molecule has 5 nitrogen and oxygen atoms in total. The highest BCUT2D eigenvalue weighted by Crippen LogP contribution is 2.22. The Balaban J connectivity index is 1.55. The molecule has 1 saturated heterocycles. The van der Waals surface area contributed by atoms with Crippen LogP contribution in [0.4, 0.5) is 5.82 Å². The van der Waals surface area contributed by atoms with E-state index in [1.165, 1.54) is 12.8 Å². The Morgan fingerprint density at radius 3 is 3.10 bits per heavy atom. The van der Waals surface area contributed by atoms with Gasteiger partial charge >= 0.3 is 0 Å². The predicted octanol–water partition coefficient (Wildman–Crippen LogP) is 2.12. The summed E-state index contributed by atoms with van der Waals surface area (Å²) in [6, 6.07) is 8.64. The lowest BCUT2D eigenvalue weighted by atomic mass is 10.1. The van der Waals surface area contributed by atoms with Crippen LogP contribution in [-0.4, -0.2) is 27.9 Å². The van der Waals surface area contributed by atoms with E-state index in [1.807, 2.05) is 29.9 Å². The van der Waals surface area contributed by atoms with Crippen molar-refractivity contribution in [3.63, 3.8) is 0 Å². The van der Waals surface area contributed by atoms with Crippen molar-refractivity contribution in [3.8, 4) is 0 Å². The smallest absolute Gasteiger partial charge is 0.126 e. The Morgan fingerprint density at radius 2 is 2.35 bits per heavy atom. The van der Waals surface area contributed by atoms with Crippen LogP contribution in [0.5, 0.6) is 0 Å². The van der Waals surface area contributed by atoms with E-state index in [9.17, 15) is 0 Å². The minimum Gasteiger partial charge on any atom is -0.368 e. The molecule has 3 rings (SSSR count). The molecule has 1 fully saturated rings. The van der Waals surface area contributed by atoms with Crippen LogP contribution in [0.15, 0.2) is 30.5 Å². The van der Waals surface area contributed by atoms with Crippen molar-refractivity contribution in [3.05, 3.63) is 41.9 Å². The molecule has 0 amide bonds. The van der Waals surface area contributed by atoms with Crippen molar-refractivity contribution in [2.24, 2.45) is 0 Å². The highest BCUT2D eigenvalue weighted by Gasteiger charge is 2.17. The number of nitrogens with one attached hydrogen (secondary N) is 2. The van der Waals surface area contributed by atoms with Crippen LogP contribution in [0.1, 0.15) is 30.3 Å². The summed E-state index contributed by atoms with van der Waals surface area (Å²) >= 11 is 0. The maximum Gasteiger partial charge on any atom is 0.126 e. The van der Waals surface area contributed by atoms with Crippen molar-refractivity contribution in [1.82, 2.24) is 20.1 Å². The monoisotopic (exact) mass is 271 g/mol. The first-order valence-electron chi connectivity index (χ1n) is 7.25. The Kier molecular flexibility index (Phi) is 3.97. The van der Waals surface area contributed by atoms with E-state index in [2.05, 4.69) is 32.8 Å². The van der Waals surface area contributed by atoms with Gasteiger partial charge in [0.25, 0.3) is 0 Å². The third kappa shape index (κ3) is 3.17. The fourth-order valence-corrected chi connectivity index (χ4v) is 2.57. The van der Waals surface area contributed by atoms with Crippen molar-refractivity contribution in [2.45, 2.75) is 32.4 Å². The van der Waals surface area contributed by atoms with Crippen LogP contribution in [0.3, 0.4) is 0 Å². The molecular weight excluding hydrogens is 250 g/mol. The summed E-state index contributed by atoms with van der Waals surface area (Å²) in [5, 5.41) is 11.2. The zero-order chi connectivity index (χ0) is 13.8. The number of aryl methyl sites for hydroxylation is 1. The summed E-state index contributed by atoms with van der Waals surface area (Å²) in [4.78, 5) is 4.69. The van der Waals surface area contributed by atoms with Gasteiger partial charge in [-0.05, 0) is 44.5 Å². The van der Waals surface area contributed by atoms with Crippen LogP contribution >= 0.6 is 0 Å². The minimum absolute atomic E-state index is 0.422. The SMILES string of the molecule is Cc1ccn(CCNc2cccc([C@H]3CCCN3)n2)n1. The van der Waals surface area contributed by atoms with Crippen LogP contribution in [0.25, 0.3) is 0 Å². The lowest BCUT2D eigenvalue weighted by Gasteiger charge is -2.12. The number of pyridine rings is 1. The Labute approximate surface area is 119 Å². The van der Waals surface area contributed by atoms with E-state index >= 15 is 0 Å². The molecule has 0 spiro atoms. The highest BCUT2D eigenvalue weighted by molar-refractivity contribution is 5.36. The zero-order valence-electron chi connectivity index (χ0n) is 11.8. The van der Waals surface area contributed by atoms with Gasteiger partial charge in [0.1, 0.15) is 5.82 Å². The van der Waals surface area contributed by atoms with Gasteiger partial charge in [-0.15, -0.1) is 0 Å². The number of aromatic nitrogens is 3. The predicted molar refractivity (Wildman–Crippen MR) is 79.7 cm³/mol. The lowest BCUT2D eigenvalue weighted by molar-refractivity contribution is 0.622. The van der Waals surface area contributed by atoms with Crippen molar-refractivity contribution in [1.29, 1.82) is 0 Å². The van der Waals surface area contributed by atoms with Gasteiger partial charge in [-0.3, -0.25) is 4.68 Å². The molecule has 0 saturated carbocycles. The van der Waals surface area contributed by atoms with Gasteiger partial charge in [0.05, 0.1) is 17.9 Å². The van der Waals surface area contributed by atoms with Crippen molar-refractivity contribution < 1.29 is 0 Å². The average molecular weight is 271 g/mol. The number of nitrogens with zero attached hydrogens (tertiary/aromatic N) is 3. The number of hydrogen-bond acceptors (Lipinski definition) is 4. The molecule has 2 aromatic heterocycles. The molecule has 0 bridgehead atoms. The zero-order valence-corrected chi connectivity index (χ0v) is 11.8. The topological polar surface area (TPSA) is 54.8 Å². The van der Waals surface area contributed by atoms with E-state index in [0.29, 0.717) is 6.04 Å². The first-order valence-corrected chi connectivity index (χ1v) is 7.25. The summed E-state index contributed by atoms with van der Waals surface area (Å²) in [5.41, 5.74) is 2.19. The quantitative estimate of drug-likeness (QED) is 0.874. The van der Waals surface area contributed by atoms with Crippen molar-refractivity contribution in [2.75, 3.05) is 18.4 Å². The third-order valence-electron chi connectivity index (χ3n) is 3.61. The first-order chi connectivity index (χ1) is 9.81. The highest BCUT2D eigenvalue weighted by atomic mass is 15.3. The molecule has 0 radical (unpaired) electrons. The molecule has 0 aliphatic carbocycles. The molecule has 1 aliphatic rings. The summed E-state index contributed by atoms with van der Waals surface area (Å²) in [7, 11) is 0. The maximum absolute atomic E-state index is 4.69. The number of hydrogen-bond donors (Lipinski definition) is 2. The second-order valence-corrected chi connectivity index (χ2v) is 5.24. The Bertz CT molecular complexity index is 557. The summed E-state index contributed by atoms with van der Waals surface area (Å²) in [5.74, 6) is 0.945. The van der Waals surface area contributed by atoms with Crippen LogP contribution in [0, 0.1) is 6.92 Å². The van der Waals surface area contributed by atoms with Gasteiger partial charge in [-0.1, -0.05) is 6.07 Å². The van der Waals surface area contributed by atoms with E-state index in [-0.39, 0.29) is 0 Å². The summed E-state index contributed by atoms with van der Waals surface area (Å²) < 4.78 is 1.95. The summed E-state index contributed by atoms with van der Waals surface area (Å²) in [6.45, 7) is 4.78. The van der Waals surface area contributed by atoms with E-state index < -0.39 is 0 Å². The van der Waals surface area contributed by atoms with E-state index in [4.69, 9.17) is 0 Å². The minimum atomic E-state index is 0.422. The van der Waals surface area contributed by atoms with Gasteiger partial charge < -0.3 is 10.6 Å².